The van der Waals surface area contributed by atoms with Crippen LogP contribution in [-0.4, -0.2) is 60.1 Å². The van der Waals surface area contributed by atoms with Crippen molar-refractivity contribution in [3.63, 3.8) is 0 Å². The SMILES string of the molecule is COc1c2c(c(OC)c(OC)c1OC)CCC(CCOc1ccc(C3CCN(C)CC3)cc1)CC2. The Morgan fingerprint density at radius 1 is 0.714 bits per heavy atom. The third-order valence-electron chi connectivity index (χ3n) is 7.82. The second-order valence-electron chi connectivity index (χ2n) is 9.82. The molecule has 0 atom stereocenters. The van der Waals surface area contributed by atoms with Crippen LogP contribution in [0.4, 0.5) is 0 Å². The fraction of sp³-hybridized carbons (Fsp3) is 0.586. The van der Waals surface area contributed by atoms with Gasteiger partial charge in [-0.25, -0.2) is 0 Å². The van der Waals surface area contributed by atoms with Crippen LogP contribution in [0.25, 0.3) is 0 Å². The van der Waals surface area contributed by atoms with Crippen LogP contribution in [0.15, 0.2) is 24.3 Å². The van der Waals surface area contributed by atoms with E-state index in [1.54, 1.807) is 28.4 Å². The van der Waals surface area contributed by atoms with Crippen LogP contribution in [0.3, 0.4) is 0 Å². The maximum absolute atomic E-state index is 6.15. The molecule has 6 heteroatoms. The quantitative estimate of drug-likeness (QED) is 0.440. The number of piperidine rings is 1. The van der Waals surface area contributed by atoms with Gasteiger partial charge in [0.25, 0.3) is 0 Å². The van der Waals surface area contributed by atoms with E-state index in [2.05, 4.69) is 36.2 Å². The molecule has 0 aromatic heterocycles. The van der Waals surface area contributed by atoms with E-state index in [0.29, 0.717) is 23.3 Å². The largest absolute Gasteiger partial charge is 0.494 e. The fourth-order valence-electron chi connectivity index (χ4n) is 5.74. The zero-order valence-corrected chi connectivity index (χ0v) is 22.0. The Hall–Kier alpha value is -2.60. The molecule has 0 unspecified atom stereocenters. The first-order chi connectivity index (χ1) is 17.1. The summed E-state index contributed by atoms with van der Waals surface area (Å²) in [7, 11) is 8.88. The highest BCUT2D eigenvalue weighted by Crippen LogP contribution is 2.51. The van der Waals surface area contributed by atoms with E-state index in [1.807, 2.05) is 0 Å². The number of hydrogen-bond acceptors (Lipinski definition) is 6. The van der Waals surface area contributed by atoms with Crippen LogP contribution in [-0.2, 0) is 12.8 Å². The smallest absolute Gasteiger partial charge is 0.207 e. The van der Waals surface area contributed by atoms with E-state index in [1.165, 1.54) is 42.6 Å². The van der Waals surface area contributed by atoms with Crippen molar-refractivity contribution in [3.8, 4) is 28.7 Å². The zero-order chi connectivity index (χ0) is 24.8. The number of fused-ring (bicyclic) bond motifs is 1. The molecule has 0 N–H and O–H groups in total. The summed E-state index contributed by atoms with van der Waals surface area (Å²) >= 11 is 0. The lowest BCUT2D eigenvalue weighted by Gasteiger charge is -2.29. The van der Waals surface area contributed by atoms with Gasteiger partial charge in [0.15, 0.2) is 11.5 Å². The van der Waals surface area contributed by atoms with E-state index in [4.69, 9.17) is 23.7 Å². The highest BCUT2D eigenvalue weighted by Gasteiger charge is 2.29. The van der Waals surface area contributed by atoms with Crippen LogP contribution < -0.4 is 23.7 Å². The van der Waals surface area contributed by atoms with Crippen molar-refractivity contribution in [2.24, 2.45) is 5.92 Å². The molecular formula is C29H41NO5. The van der Waals surface area contributed by atoms with Gasteiger partial charge in [0.2, 0.25) is 11.5 Å². The Morgan fingerprint density at radius 3 is 1.71 bits per heavy atom. The predicted molar refractivity (Wildman–Crippen MR) is 139 cm³/mol. The van der Waals surface area contributed by atoms with E-state index < -0.39 is 0 Å². The predicted octanol–water partition coefficient (Wildman–Crippen LogP) is 5.49. The van der Waals surface area contributed by atoms with Gasteiger partial charge in [-0.05, 0) is 94.6 Å². The van der Waals surface area contributed by atoms with Crippen molar-refractivity contribution in [3.05, 3.63) is 41.0 Å². The Bertz CT molecular complexity index is 923. The summed E-state index contributed by atoms with van der Waals surface area (Å²) in [5.41, 5.74) is 3.80. The van der Waals surface area contributed by atoms with E-state index in [-0.39, 0.29) is 0 Å². The Labute approximate surface area is 210 Å². The maximum Gasteiger partial charge on any atom is 0.207 e. The maximum atomic E-state index is 6.15. The average Bonchev–Trinajstić information content (AvgIpc) is 3.10. The third kappa shape index (κ3) is 5.64. The molecule has 4 rings (SSSR count). The molecule has 2 aromatic rings. The van der Waals surface area contributed by atoms with Gasteiger partial charge in [-0.2, -0.15) is 0 Å². The van der Waals surface area contributed by atoms with Gasteiger partial charge in [-0.15, -0.1) is 0 Å². The highest BCUT2D eigenvalue weighted by molar-refractivity contribution is 5.67. The highest BCUT2D eigenvalue weighted by atomic mass is 16.5. The number of likely N-dealkylation sites (tertiary alicyclic amines) is 1. The topological polar surface area (TPSA) is 49.4 Å². The fourth-order valence-corrected chi connectivity index (χ4v) is 5.74. The number of benzene rings is 2. The van der Waals surface area contributed by atoms with Gasteiger partial charge in [0.1, 0.15) is 5.75 Å². The number of rotatable bonds is 9. The number of nitrogens with zero attached hydrogens (tertiary/aromatic N) is 1. The molecule has 1 heterocycles. The summed E-state index contributed by atoms with van der Waals surface area (Å²) in [6.45, 7) is 3.10. The van der Waals surface area contributed by atoms with Crippen LogP contribution >= 0.6 is 0 Å². The van der Waals surface area contributed by atoms with Gasteiger partial charge < -0.3 is 28.6 Å². The van der Waals surface area contributed by atoms with E-state index in [0.717, 1.165) is 56.0 Å². The molecule has 192 valence electrons. The first-order valence-electron chi connectivity index (χ1n) is 12.9. The zero-order valence-electron chi connectivity index (χ0n) is 22.0. The summed E-state index contributed by atoms with van der Waals surface area (Å²) < 4.78 is 29.0. The molecule has 1 fully saturated rings. The normalized spacial score (nSPS) is 17.4. The van der Waals surface area contributed by atoms with Gasteiger partial charge in [-0.3, -0.25) is 0 Å². The van der Waals surface area contributed by atoms with E-state index >= 15 is 0 Å². The second kappa shape index (κ2) is 11.9. The van der Waals surface area contributed by atoms with Crippen LogP contribution in [0.1, 0.15) is 54.7 Å². The number of methoxy groups -OCH3 is 4. The minimum absolute atomic E-state index is 0.576. The summed E-state index contributed by atoms with van der Waals surface area (Å²) in [6.07, 6.45) is 7.53. The lowest BCUT2D eigenvalue weighted by molar-refractivity contribution is 0.254. The Morgan fingerprint density at radius 2 is 1.23 bits per heavy atom. The summed E-state index contributed by atoms with van der Waals surface area (Å²) in [5.74, 6) is 4.97. The first-order valence-corrected chi connectivity index (χ1v) is 12.9. The van der Waals surface area contributed by atoms with Crippen molar-refractivity contribution >= 4 is 0 Å². The molecule has 6 nitrogen and oxygen atoms in total. The molecule has 1 aliphatic heterocycles. The Balaban J connectivity index is 1.35. The van der Waals surface area contributed by atoms with Gasteiger partial charge >= 0.3 is 0 Å². The minimum atomic E-state index is 0.576. The third-order valence-corrected chi connectivity index (χ3v) is 7.82. The lowest BCUT2D eigenvalue weighted by Crippen LogP contribution is -2.29. The molecule has 0 bridgehead atoms. The summed E-state index contributed by atoms with van der Waals surface area (Å²) in [4.78, 5) is 2.42. The molecule has 2 aliphatic rings. The van der Waals surface area contributed by atoms with Gasteiger partial charge in [-0.1, -0.05) is 12.1 Å². The second-order valence-corrected chi connectivity index (χ2v) is 9.82. The number of ether oxygens (including phenoxy) is 5. The monoisotopic (exact) mass is 483 g/mol. The molecule has 1 saturated heterocycles. The lowest BCUT2D eigenvalue weighted by atomic mass is 9.90. The first kappa shape index (κ1) is 25.5. The molecule has 0 amide bonds. The standard InChI is InChI=1S/C29H41NO5/c1-30-17-14-22(15-18-30)21-8-10-23(11-9-21)35-19-16-20-6-12-24-25(13-7-20)27(32-3)29(34-5)28(33-4)26(24)31-2/h8-11,20,22H,6-7,12-19H2,1-5H3. The van der Waals surface area contributed by atoms with Crippen molar-refractivity contribution in [2.75, 3.05) is 55.2 Å². The van der Waals surface area contributed by atoms with Crippen LogP contribution in [0, 0.1) is 5.92 Å². The van der Waals surface area contributed by atoms with Crippen LogP contribution in [0.5, 0.6) is 28.7 Å². The summed E-state index contributed by atoms with van der Waals surface area (Å²) in [6, 6.07) is 8.80. The van der Waals surface area contributed by atoms with Crippen molar-refractivity contribution in [1.82, 2.24) is 4.90 Å². The number of hydrogen-bond donors (Lipinski definition) is 0. The van der Waals surface area contributed by atoms with E-state index in [9.17, 15) is 0 Å². The molecule has 0 radical (unpaired) electrons. The molecule has 35 heavy (non-hydrogen) atoms. The molecule has 1 aliphatic carbocycles. The molecule has 2 aromatic carbocycles. The molecule has 0 spiro atoms. The summed E-state index contributed by atoms with van der Waals surface area (Å²) in [5, 5.41) is 0. The van der Waals surface area contributed by atoms with Gasteiger partial charge in [0.05, 0.1) is 35.0 Å². The van der Waals surface area contributed by atoms with Crippen molar-refractivity contribution < 1.29 is 23.7 Å². The van der Waals surface area contributed by atoms with Crippen molar-refractivity contribution in [1.29, 1.82) is 0 Å². The van der Waals surface area contributed by atoms with Gasteiger partial charge in [0, 0.05) is 11.1 Å². The molecule has 0 saturated carbocycles. The molecular weight excluding hydrogens is 442 g/mol. The minimum Gasteiger partial charge on any atom is -0.494 e. The van der Waals surface area contributed by atoms with Crippen LogP contribution in [0.2, 0.25) is 0 Å². The average molecular weight is 484 g/mol. The Kier molecular flexibility index (Phi) is 8.66. The van der Waals surface area contributed by atoms with Crippen molar-refractivity contribution in [2.45, 2.75) is 50.9 Å².